The monoisotopic (exact) mass is 495 g/mol. The number of methoxy groups -OCH3 is 1. The van der Waals surface area contributed by atoms with E-state index in [9.17, 15) is 36.2 Å². The average molecular weight is 495 g/mol. The summed E-state index contributed by atoms with van der Waals surface area (Å²) in [5, 5.41) is 11.2. The number of anilines is 1. The largest absolute Gasteiger partial charge is 0.497 e. The fourth-order valence-electron chi connectivity index (χ4n) is 2.64. The summed E-state index contributed by atoms with van der Waals surface area (Å²) >= 11 is 0.445. The van der Waals surface area contributed by atoms with E-state index in [2.05, 4.69) is 14.7 Å². The van der Waals surface area contributed by atoms with Crippen molar-refractivity contribution in [1.29, 1.82) is 0 Å². The number of alkyl halides is 6. The molecule has 0 bridgehead atoms. The van der Waals surface area contributed by atoms with E-state index in [0.717, 1.165) is 6.07 Å². The maximum absolute atomic E-state index is 13.5. The second-order valence-electron chi connectivity index (χ2n) is 7.00. The third-order valence-electron chi connectivity index (χ3n) is 4.39. The quantitative estimate of drug-likeness (QED) is 0.471. The van der Waals surface area contributed by atoms with Gasteiger partial charge in [0.15, 0.2) is 5.60 Å². The normalized spacial score (nSPS) is 14.1. The summed E-state index contributed by atoms with van der Waals surface area (Å²) in [6.07, 6.45) is -11.0. The van der Waals surface area contributed by atoms with Crippen LogP contribution in [0.4, 0.5) is 31.5 Å². The second kappa shape index (κ2) is 8.67. The molecule has 3 aromatic rings. The first-order valence-corrected chi connectivity index (χ1v) is 9.77. The highest BCUT2D eigenvalue weighted by Gasteiger charge is 2.50. The molecule has 2 N–H and O–H groups in total. The number of hydrogen-bond donors (Lipinski definition) is 2. The van der Waals surface area contributed by atoms with Gasteiger partial charge >= 0.3 is 12.4 Å². The molecule has 1 amide bonds. The van der Waals surface area contributed by atoms with Gasteiger partial charge in [-0.25, -0.2) is 4.98 Å². The van der Waals surface area contributed by atoms with E-state index in [-0.39, 0.29) is 16.5 Å². The summed E-state index contributed by atoms with van der Waals surface area (Å²) in [4.78, 5) is 16.2. The third-order valence-corrected chi connectivity index (χ3v) is 5.06. The molecule has 0 aliphatic heterocycles. The van der Waals surface area contributed by atoms with Crippen molar-refractivity contribution in [3.8, 4) is 17.1 Å². The van der Waals surface area contributed by atoms with Crippen LogP contribution in [-0.4, -0.2) is 39.3 Å². The predicted octanol–water partition coefficient (Wildman–Crippen LogP) is 4.93. The first-order valence-electron chi connectivity index (χ1n) is 9.00. The van der Waals surface area contributed by atoms with Crippen molar-refractivity contribution in [2.75, 3.05) is 12.4 Å². The number of benzene rings is 1. The van der Waals surface area contributed by atoms with Crippen LogP contribution in [0.5, 0.6) is 5.75 Å². The lowest BCUT2D eigenvalue weighted by atomic mass is 10.0. The number of halogens is 6. The molecule has 0 fully saturated rings. The topological polar surface area (TPSA) is 97.5 Å². The summed E-state index contributed by atoms with van der Waals surface area (Å²) in [7, 11) is 1.37. The zero-order valence-corrected chi connectivity index (χ0v) is 17.7. The Morgan fingerprint density at radius 3 is 2.52 bits per heavy atom. The molecular formula is C19H15F6N3O4S. The van der Waals surface area contributed by atoms with Crippen LogP contribution in [0.2, 0.25) is 0 Å². The SMILES string of the molecule is COc1cccc(-c2cc(C(=O)Nc3nc(CC(C)(O)C(F)(F)F)ns3)c(C(F)(F)F)o2)c1. The fraction of sp³-hybridized carbons (Fsp3) is 0.316. The van der Waals surface area contributed by atoms with Gasteiger partial charge in [0.05, 0.1) is 12.7 Å². The Morgan fingerprint density at radius 1 is 1.21 bits per heavy atom. The van der Waals surface area contributed by atoms with Crippen LogP contribution < -0.4 is 10.1 Å². The van der Waals surface area contributed by atoms with E-state index in [4.69, 9.17) is 9.15 Å². The van der Waals surface area contributed by atoms with Gasteiger partial charge < -0.3 is 14.3 Å². The molecule has 14 heteroatoms. The van der Waals surface area contributed by atoms with E-state index in [0.29, 0.717) is 24.2 Å². The minimum Gasteiger partial charge on any atom is -0.497 e. The lowest BCUT2D eigenvalue weighted by Crippen LogP contribution is -2.44. The van der Waals surface area contributed by atoms with E-state index < -0.39 is 47.4 Å². The van der Waals surface area contributed by atoms with Crippen molar-refractivity contribution in [2.45, 2.75) is 31.3 Å². The Balaban J connectivity index is 1.87. The molecule has 3 rings (SSSR count). The number of aliphatic hydroxyl groups is 1. The maximum atomic E-state index is 13.5. The number of hydrogen-bond acceptors (Lipinski definition) is 7. The Kier molecular flexibility index (Phi) is 6.44. The number of carbonyl (C=O) groups is 1. The van der Waals surface area contributed by atoms with Crippen LogP contribution in [0.3, 0.4) is 0 Å². The number of nitrogens with one attached hydrogen (secondary N) is 1. The van der Waals surface area contributed by atoms with Crippen molar-refractivity contribution >= 4 is 22.6 Å². The summed E-state index contributed by atoms with van der Waals surface area (Å²) in [5.41, 5.74) is -3.78. The molecular weight excluding hydrogens is 480 g/mol. The highest BCUT2D eigenvalue weighted by Crippen LogP contribution is 2.38. The second-order valence-corrected chi connectivity index (χ2v) is 7.75. The van der Waals surface area contributed by atoms with E-state index in [1.807, 2.05) is 0 Å². The summed E-state index contributed by atoms with van der Waals surface area (Å²) in [6, 6.07) is 6.82. The highest BCUT2D eigenvalue weighted by molar-refractivity contribution is 7.09. The van der Waals surface area contributed by atoms with Crippen LogP contribution in [0.15, 0.2) is 34.7 Å². The van der Waals surface area contributed by atoms with Gasteiger partial charge in [-0.15, -0.1) is 0 Å². The fourth-order valence-corrected chi connectivity index (χ4v) is 3.22. The number of ether oxygens (including phenoxy) is 1. The van der Waals surface area contributed by atoms with Crippen LogP contribution in [0.1, 0.15) is 28.9 Å². The highest BCUT2D eigenvalue weighted by atomic mass is 32.1. The summed E-state index contributed by atoms with van der Waals surface area (Å²) < 4.78 is 92.3. The van der Waals surface area contributed by atoms with Crippen molar-refractivity contribution in [1.82, 2.24) is 9.36 Å². The van der Waals surface area contributed by atoms with Gasteiger partial charge in [0.25, 0.3) is 5.91 Å². The predicted molar refractivity (Wildman–Crippen MR) is 104 cm³/mol. The van der Waals surface area contributed by atoms with Gasteiger partial charge in [-0.3, -0.25) is 10.1 Å². The molecule has 1 atom stereocenters. The standard InChI is InChI=1S/C19H15F6N3O4S/c1-17(30,19(23,24)25)8-13-26-16(33-28-13)27-15(29)11-7-12(32-14(11)18(20,21)22)9-4-3-5-10(6-9)31-2/h3-7,30H,8H2,1-2H3,(H,26,27,28,29). The minimum absolute atomic E-state index is 0.214. The molecule has 2 heterocycles. The molecule has 0 saturated heterocycles. The molecule has 1 aromatic carbocycles. The number of carbonyl (C=O) groups excluding carboxylic acids is 1. The number of furan rings is 1. The first-order chi connectivity index (χ1) is 15.2. The number of amides is 1. The van der Waals surface area contributed by atoms with Crippen molar-refractivity contribution < 1.29 is 45.4 Å². The molecule has 0 spiro atoms. The third kappa shape index (κ3) is 5.45. The van der Waals surface area contributed by atoms with E-state index >= 15 is 0 Å². The van der Waals surface area contributed by atoms with Crippen LogP contribution in [0, 0.1) is 0 Å². The van der Waals surface area contributed by atoms with Gasteiger partial charge in [-0.1, -0.05) is 12.1 Å². The Bertz CT molecular complexity index is 1150. The van der Waals surface area contributed by atoms with Gasteiger partial charge in [-0.2, -0.15) is 30.7 Å². The van der Waals surface area contributed by atoms with Crippen molar-refractivity contribution in [3.05, 3.63) is 47.5 Å². The number of aromatic nitrogens is 2. The molecule has 0 aliphatic rings. The molecule has 1 unspecified atom stereocenters. The summed E-state index contributed by atoms with van der Waals surface area (Å²) in [5.74, 6) is -3.18. The van der Waals surface area contributed by atoms with Gasteiger partial charge in [-0.05, 0) is 25.1 Å². The van der Waals surface area contributed by atoms with Gasteiger partial charge in [0.2, 0.25) is 10.9 Å². The minimum atomic E-state index is -5.01. The van der Waals surface area contributed by atoms with E-state index in [1.54, 1.807) is 6.07 Å². The van der Waals surface area contributed by atoms with Gasteiger partial charge in [0, 0.05) is 23.5 Å². The molecule has 7 nitrogen and oxygen atoms in total. The Labute approximate surface area is 186 Å². The molecule has 0 radical (unpaired) electrons. The zero-order chi connectivity index (χ0) is 24.6. The number of nitrogens with zero attached hydrogens (tertiary/aromatic N) is 2. The lowest BCUT2D eigenvalue weighted by Gasteiger charge is -2.24. The molecule has 2 aromatic heterocycles. The first kappa shape index (κ1) is 24.5. The molecule has 178 valence electrons. The van der Waals surface area contributed by atoms with Crippen LogP contribution in [0.25, 0.3) is 11.3 Å². The molecule has 33 heavy (non-hydrogen) atoms. The molecule has 0 aliphatic carbocycles. The average Bonchev–Trinajstić information content (AvgIpc) is 3.34. The lowest BCUT2D eigenvalue weighted by molar-refractivity contribution is -0.252. The smallest absolute Gasteiger partial charge is 0.450 e. The zero-order valence-electron chi connectivity index (χ0n) is 16.8. The Hall–Kier alpha value is -3.13. The Morgan fingerprint density at radius 2 is 1.91 bits per heavy atom. The number of rotatable bonds is 6. The molecule has 0 saturated carbocycles. The van der Waals surface area contributed by atoms with Crippen molar-refractivity contribution in [2.24, 2.45) is 0 Å². The maximum Gasteiger partial charge on any atom is 0.450 e. The van der Waals surface area contributed by atoms with Gasteiger partial charge in [0.1, 0.15) is 17.3 Å². The van der Waals surface area contributed by atoms with Crippen LogP contribution >= 0.6 is 11.5 Å². The van der Waals surface area contributed by atoms with Crippen molar-refractivity contribution in [3.63, 3.8) is 0 Å². The van der Waals surface area contributed by atoms with Crippen LogP contribution in [-0.2, 0) is 12.6 Å². The summed E-state index contributed by atoms with van der Waals surface area (Å²) in [6.45, 7) is 0.521. The van der Waals surface area contributed by atoms with E-state index in [1.165, 1.54) is 25.3 Å².